The van der Waals surface area contributed by atoms with Crippen LogP contribution < -0.4 is 15.4 Å². The van der Waals surface area contributed by atoms with Crippen molar-refractivity contribution in [2.75, 3.05) is 40.9 Å². The van der Waals surface area contributed by atoms with Gasteiger partial charge in [-0.15, -0.1) is 0 Å². The highest BCUT2D eigenvalue weighted by Crippen LogP contribution is 2.61. The summed E-state index contributed by atoms with van der Waals surface area (Å²) in [5.74, 6) is 2.57. The normalized spacial score (nSPS) is 23.5. The molecule has 0 aromatic heterocycles. The number of rotatable bonds is 20. The van der Waals surface area contributed by atoms with Gasteiger partial charge in [-0.25, -0.2) is 0 Å². The molecular formula is C41H65N4O6. The molecule has 5 rings (SSSR count). The van der Waals surface area contributed by atoms with E-state index in [1.807, 2.05) is 42.5 Å². The number of hydrogen-bond acceptors (Lipinski definition) is 9. The van der Waals surface area contributed by atoms with Gasteiger partial charge in [0.15, 0.2) is 0 Å². The highest BCUT2D eigenvalue weighted by molar-refractivity contribution is 5.78. The first-order valence-electron chi connectivity index (χ1n) is 18.8. The molecule has 3 fully saturated rings. The Morgan fingerprint density at radius 1 is 1.10 bits per heavy atom. The van der Waals surface area contributed by atoms with E-state index in [-0.39, 0.29) is 37.7 Å². The second-order valence-electron chi connectivity index (χ2n) is 16.3. The van der Waals surface area contributed by atoms with E-state index >= 15 is 0 Å². The molecule has 0 aliphatic heterocycles. The SMILES string of the molecule is COc1c(CN(CC(=O)N[C@H]2C[C@@H]3C[C@H]([C@@H]2C)C3(C)C)O[C@H]([CH][C@H](C)O)CO)cccc1-c1cccc(C(O)N[C@H](CCN(C)C)CC(C)C)c1. The molecule has 0 spiro atoms. The quantitative estimate of drug-likeness (QED) is 0.0935. The van der Waals surface area contributed by atoms with Gasteiger partial charge < -0.3 is 30.3 Å². The average molecular weight is 710 g/mol. The molecule has 0 saturated heterocycles. The number of ether oxygens (including phenoxy) is 1. The van der Waals surface area contributed by atoms with Crippen LogP contribution in [0.5, 0.6) is 5.75 Å². The molecule has 3 aliphatic rings. The van der Waals surface area contributed by atoms with E-state index in [2.05, 4.69) is 64.2 Å². The highest BCUT2D eigenvalue weighted by atomic mass is 16.7. The van der Waals surface area contributed by atoms with Gasteiger partial charge in [0.25, 0.3) is 0 Å². The molecule has 8 atom stereocenters. The molecule has 0 heterocycles. The second-order valence-corrected chi connectivity index (χ2v) is 16.3. The average Bonchev–Trinajstić information content (AvgIpc) is 3.06. The van der Waals surface area contributed by atoms with Crippen LogP contribution in [0.25, 0.3) is 11.1 Å². The molecule has 10 heteroatoms. The Morgan fingerprint density at radius 2 is 1.82 bits per heavy atom. The van der Waals surface area contributed by atoms with E-state index in [1.165, 1.54) is 12.8 Å². The number of benzene rings is 2. The molecule has 1 amide bonds. The summed E-state index contributed by atoms with van der Waals surface area (Å²) in [6.45, 7) is 13.6. The lowest BCUT2D eigenvalue weighted by Crippen LogP contribution is -2.61. The van der Waals surface area contributed by atoms with E-state index in [0.29, 0.717) is 34.8 Å². The molecule has 5 N–H and O–H groups in total. The standard InChI is InChI=1S/C41H65N4O6/c1-26(2)18-33(16-17-44(7)8)42-40(49)30-13-10-12-29(20-30)35-15-11-14-31(39(35)50-9)23-45(51-34(25-46)19-27(3)47)24-38(48)43-37-22-32-21-36(28(37)4)41(32,5)6/h10-15,19-20,26-28,32-34,36-37,40,42,46-47,49H,16-18,21-25H2,1-9H3,(H,43,48)/t27-,28-,32-,33+,34+,36+,37-,40?/m0/s1. The molecule has 3 saturated carbocycles. The van der Waals surface area contributed by atoms with Crippen molar-refractivity contribution in [2.45, 2.75) is 104 Å². The number of aliphatic hydroxyl groups is 3. The Bertz CT molecular complexity index is 1400. The number of amides is 1. The van der Waals surface area contributed by atoms with Crippen molar-refractivity contribution in [3.05, 3.63) is 60.0 Å². The van der Waals surface area contributed by atoms with Crippen molar-refractivity contribution in [3.8, 4) is 16.9 Å². The molecule has 1 radical (unpaired) electrons. The summed E-state index contributed by atoms with van der Waals surface area (Å²) >= 11 is 0. The van der Waals surface area contributed by atoms with Crippen LogP contribution in [0.4, 0.5) is 0 Å². The number of methoxy groups -OCH3 is 1. The minimum atomic E-state index is -0.836. The summed E-state index contributed by atoms with van der Waals surface area (Å²) in [4.78, 5) is 21.9. The maximum absolute atomic E-state index is 13.6. The predicted molar refractivity (Wildman–Crippen MR) is 202 cm³/mol. The number of fused-ring (bicyclic) bond motifs is 2. The minimum absolute atomic E-state index is 0.0574. The maximum atomic E-state index is 13.6. The first-order valence-corrected chi connectivity index (χ1v) is 18.8. The predicted octanol–water partition coefficient (Wildman–Crippen LogP) is 5.18. The summed E-state index contributed by atoms with van der Waals surface area (Å²) < 4.78 is 6.00. The lowest BCUT2D eigenvalue weighted by Gasteiger charge is -2.62. The fraction of sp³-hybridized carbons (Fsp3) is 0.659. The van der Waals surface area contributed by atoms with Gasteiger partial charge in [-0.1, -0.05) is 71.0 Å². The third-order valence-corrected chi connectivity index (χ3v) is 11.2. The summed E-state index contributed by atoms with van der Waals surface area (Å²) in [6, 6.07) is 14.0. The highest BCUT2D eigenvalue weighted by Gasteiger charge is 2.56. The Hall–Kier alpha value is -2.57. The van der Waals surface area contributed by atoms with E-state index in [4.69, 9.17) is 9.57 Å². The topological polar surface area (TPSA) is 127 Å². The van der Waals surface area contributed by atoms with E-state index in [0.717, 1.165) is 48.1 Å². The fourth-order valence-electron chi connectivity index (χ4n) is 8.33. The maximum Gasteiger partial charge on any atom is 0.236 e. The zero-order chi connectivity index (χ0) is 37.5. The van der Waals surface area contributed by atoms with Crippen molar-refractivity contribution in [2.24, 2.45) is 29.1 Å². The van der Waals surface area contributed by atoms with Crippen LogP contribution in [0.15, 0.2) is 42.5 Å². The molecule has 51 heavy (non-hydrogen) atoms. The van der Waals surface area contributed by atoms with Gasteiger partial charge >= 0.3 is 0 Å². The van der Waals surface area contributed by atoms with Crippen LogP contribution >= 0.6 is 0 Å². The Balaban J connectivity index is 1.54. The van der Waals surface area contributed by atoms with Crippen LogP contribution in [0.2, 0.25) is 0 Å². The van der Waals surface area contributed by atoms with Gasteiger partial charge in [0.2, 0.25) is 5.91 Å². The van der Waals surface area contributed by atoms with Crippen molar-refractivity contribution < 1.29 is 29.7 Å². The van der Waals surface area contributed by atoms with Gasteiger partial charge in [0, 0.05) is 29.6 Å². The smallest absolute Gasteiger partial charge is 0.236 e. The molecule has 1 unspecified atom stereocenters. The molecule has 10 nitrogen and oxygen atoms in total. The minimum Gasteiger partial charge on any atom is -0.496 e. The van der Waals surface area contributed by atoms with Crippen molar-refractivity contribution in [1.29, 1.82) is 0 Å². The summed E-state index contributed by atoms with van der Waals surface area (Å²) in [5, 5.41) is 39.7. The van der Waals surface area contributed by atoms with Crippen molar-refractivity contribution in [1.82, 2.24) is 20.6 Å². The first-order chi connectivity index (χ1) is 24.1. The number of hydrogen-bond donors (Lipinski definition) is 5. The van der Waals surface area contributed by atoms with Gasteiger partial charge in [0.1, 0.15) is 24.6 Å². The van der Waals surface area contributed by atoms with E-state index < -0.39 is 18.4 Å². The summed E-state index contributed by atoms with van der Waals surface area (Å²) in [6.07, 6.45) is 3.15. The Labute approximate surface area is 306 Å². The van der Waals surface area contributed by atoms with Crippen LogP contribution in [-0.4, -0.2) is 96.4 Å². The number of carbonyl (C=O) groups excluding carboxylic acids is 1. The zero-order valence-corrected chi connectivity index (χ0v) is 32.4. The number of nitrogens with zero attached hydrogens (tertiary/aromatic N) is 2. The molecule has 285 valence electrons. The number of hydroxylamine groups is 2. The second kappa shape index (κ2) is 18.5. The molecule has 2 aromatic rings. The lowest BCUT2D eigenvalue weighted by atomic mass is 9.45. The van der Waals surface area contributed by atoms with Gasteiger partial charge in [-0.05, 0) is 99.5 Å². The van der Waals surface area contributed by atoms with Crippen LogP contribution in [0, 0.1) is 35.5 Å². The number of para-hydroxylation sites is 1. The molecule has 2 bridgehead atoms. The number of carbonyl (C=O) groups is 1. The largest absolute Gasteiger partial charge is 0.496 e. The lowest BCUT2D eigenvalue weighted by molar-refractivity contribution is -0.207. The molecule has 3 aliphatic carbocycles. The zero-order valence-electron chi connectivity index (χ0n) is 32.4. The van der Waals surface area contributed by atoms with Gasteiger partial charge in [0.05, 0.1) is 26.4 Å². The molecular weight excluding hydrogens is 644 g/mol. The van der Waals surface area contributed by atoms with E-state index in [9.17, 15) is 20.1 Å². The van der Waals surface area contributed by atoms with Crippen LogP contribution in [-0.2, 0) is 16.2 Å². The van der Waals surface area contributed by atoms with Crippen molar-refractivity contribution in [3.63, 3.8) is 0 Å². The number of nitrogens with one attached hydrogen (secondary N) is 2. The third kappa shape index (κ3) is 11.0. The number of aliphatic hydroxyl groups excluding tert-OH is 3. The van der Waals surface area contributed by atoms with Crippen molar-refractivity contribution >= 4 is 5.91 Å². The van der Waals surface area contributed by atoms with Gasteiger partial charge in [-0.3, -0.25) is 14.9 Å². The molecule has 2 aromatic carbocycles. The van der Waals surface area contributed by atoms with Gasteiger partial charge in [-0.2, -0.15) is 5.06 Å². The van der Waals surface area contributed by atoms with E-state index in [1.54, 1.807) is 19.1 Å². The van der Waals surface area contributed by atoms with Crippen LogP contribution in [0.3, 0.4) is 0 Å². The Morgan fingerprint density at radius 3 is 2.43 bits per heavy atom. The first kappa shape index (κ1) is 41.2. The van der Waals surface area contributed by atoms with Crippen LogP contribution in [0.1, 0.15) is 84.6 Å². The Kier molecular flexibility index (Phi) is 14.9. The fourth-order valence-corrected chi connectivity index (χ4v) is 8.33. The summed E-state index contributed by atoms with van der Waals surface area (Å²) in [7, 11) is 5.75. The monoisotopic (exact) mass is 709 g/mol. The summed E-state index contributed by atoms with van der Waals surface area (Å²) in [5.41, 5.74) is 3.59. The third-order valence-electron chi connectivity index (χ3n) is 11.2.